The minimum Gasteiger partial charge on any atom is -0.267 e. The number of aromatic nitrogens is 2. The highest BCUT2D eigenvalue weighted by molar-refractivity contribution is 9.10. The van der Waals surface area contributed by atoms with E-state index in [0.717, 1.165) is 5.39 Å². The fraction of sp³-hybridized carbons (Fsp3) is 0. The molecule has 5 heteroatoms. The molecule has 0 radical (unpaired) electrons. The van der Waals surface area contributed by atoms with Gasteiger partial charge in [0.15, 0.2) is 0 Å². The van der Waals surface area contributed by atoms with Crippen LogP contribution in [0.25, 0.3) is 10.8 Å². The highest BCUT2D eigenvalue weighted by atomic mass is 79.9. The van der Waals surface area contributed by atoms with Crippen LogP contribution in [0.2, 0.25) is 5.02 Å². The molecule has 0 aliphatic carbocycles. The van der Waals surface area contributed by atoms with E-state index in [1.807, 2.05) is 0 Å². The lowest BCUT2D eigenvalue weighted by Gasteiger charge is -1.98. The Kier molecular flexibility index (Phi) is 2.09. The fourth-order valence-corrected chi connectivity index (χ4v) is 1.71. The highest BCUT2D eigenvalue weighted by Crippen LogP contribution is 2.21. The molecular formula is C8H4BrClN2O. The van der Waals surface area contributed by atoms with Crippen molar-refractivity contribution in [3.05, 3.63) is 38.2 Å². The van der Waals surface area contributed by atoms with E-state index in [1.165, 1.54) is 0 Å². The van der Waals surface area contributed by atoms with Gasteiger partial charge in [0, 0.05) is 10.4 Å². The summed E-state index contributed by atoms with van der Waals surface area (Å²) in [4.78, 5) is 11.3. The Morgan fingerprint density at radius 2 is 2.15 bits per heavy atom. The molecule has 0 aliphatic heterocycles. The predicted molar refractivity (Wildman–Crippen MR) is 55.1 cm³/mol. The van der Waals surface area contributed by atoms with E-state index in [4.69, 9.17) is 11.6 Å². The molecule has 0 bridgehead atoms. The van der Waals surface area contributed by atoms with Gasteiger partial charge in [-0.25, -0.2) is 5.10 Å². The van der Waals surface area contributed by atoms with E-state index in [2.05, 4.69) is 26.1 Å². The smallest absolute Gasteiger partial charge is 0.267 e. The maximum absolute atomic E-state index is 11.3. The number of nitrogens with zero attached hydrogens (tertiary/aromatic N) is 1. The number of hydrogen-bond acceptors (Lipinski definition) is 2. The molecule has 1 aromatic carbocycles. The van der Waals surface area contributed by atoms with Gasteiger partial charge in [-0.05, 0) is 34.1 Å². The van der Waals surface area contributed by atoms with Gasteiger partial charge in [-0.3, -0.25) is 4.79 Å². The lowest BCUT2D eigenvalue weighted by atomic mass is 10.2. The summed E-state index contributed by atoms with van der Waals surface area (Å²) < 4.78 is 0.610. The summed E-state index contributed by atoms with van der Waals surface area (Å²) in [7, 11) is 0. The first-order valence-electron chi connectivity index (χ1n) is 3.52. The largest absolute Gasteiger partial charge is 0.272 e. The lowest BCUT2D eigenvalue weighted by Crippen LogP contribution is -2.08. The number of nitrogens with one attached hydrogen (secondary N) is 1. The van der Waals surface area contributed by atoms with E-state index in [0.29, 0.717) is 15.0 Å². The quantitative estimate of drug-likeness (QED) is 0.789. The van der Waals surface area contributed by atoms with Crippen molar-refractivity contribution in [3.8, 4) is 0 Å². The summed E-state index contributed by atoms with van der Waals surface area (Å²) >= 11 is 8.99. The van der Waals surface area contributed by atoms with Gasteiger partial charge in [0.05, 0.1) is 5.39 Å². The Hall–Kier alpha value is -0.870. The number of rotatable bonds is 0. The predicted octanol–water partition coefficient (Wildman–Crippen LogP) is 2.34. The summed E-state index contributed by atoms with van der Waals surface area (Å²) in [5.74, 6) is 0. The highest BCUT2D eigenvalue weighted by Gasteiger charge is 2.03. The third-order valence-electron chi connectivity index (χ3n) is 1.70. The van der Waals surface area contributed by atoms with E-state index >= 15 is 0 Å². The van der Waals surface area contributed by atoms with Crippen molar-refractivity contribution in [2.75, 3.05) is 0 Å². The van der Waals surface area contributed by atoms with E-state index < -0.39 is 0 Å². The third-order valence-corrected chi connectivity index (χ3v) is 2.54. The molecule has 2 rings (SSSR count). The Labute approximate surface area is 86.9 Å². The van der Waals surface area contributed by atoms with Gasteiger partial charge in [0.1, 0.15) is 4.60 Å². The molecule has 0 saturated carbocycles. The normalized spacial score (nSPS) is 10.6. The number of benzene rings is 1. The zero-order chi connectivity index (χ0) is 9.42. The second-order valence-electron chi connectivity index (χ2n) is 2.53. The van der Waals surface area contributed by atoms with Crippen LogP contribution >= 0.6 is 27.5 Å². The molecule has 0 fully saturated rings. The summed E-state index contributed by atoms with van der Waals surface area (Å²) in [6, 6.07) is 5.09. The number of hydrogen-bond donors (Lipinski definition) is 1. The molecule has 0 aliphatic rings. The minimum atomic E-state index is -0.235. The average Bonchev–Trinajstić information content (AvgIpc) is 2.12. The third kappa shape index (κ3) is 1.47. The molecule has 66 valence electrons. The van der Waals surface area contributed by atoms with Crippen molar-refractivity contribution < 1.29 is 0 Å². The molecule has 1 aromatic heterocycles. The van der Waals surface area contributed by atoms with Crippen LogP contribution in [0.15, 0.2) is 27.6 Å². The fourth-order valence-electron chi connectivity index (χ4n) is 1.10. The SMILES string of the molecule is O=c1[nH]nc(Br)c2ccc(Cl)cc12. The monoisotopic (exact) mass is 258 g/mol. The second kappa shape index (κ2) is 3.12. The Morgan fingerprint density at radius 3 is 2.92 bits per heavy atom. The average molecular weight is 259 g/mol. The first kappa shape index (κ1) is 8.72. The zero-order valence-electron chi connectivity index (χ0n) is 6.34. The van der Waals surface area contributed by atoms with Crippen LogP contribution in [0.5, 0.6) is 0 Å². The topological polar surface area (TPSA) is 45.8 Å². The summed E-state index contributed by atoms with van der Waals surface area (Å²) in [5.41, 5.74) is -0.235. The maximum atomic E-state index is 11.3. The van der Waals surface area contributed by atoms with Crippen molar-refractivity contribution in [1.29, 1.82) is 0 Å². The van der Waals surface area contributed by atoms with Crippen LogP contribution < -0.4 is 5.56 Å². The van der Waals surface area contributed by atoms with Gasteiger partial charge in [0.25, 0.3) is 5.56 Å². The van der Waals surface area contributed by atoms with E-state index in [1.54, 1.807) is 18.2 Å². The molecule has 1 heterocycles. The van der Waals surface area contributed by atoms with Gasteiger partial charge < -0.3 is 0 Å². The first-order valence-corrected chi connectivity index (χ1v) is 4.69. The van der Waals surface area contributed by atoms with Gasteiger partial charge in [-0.1, -0.05) is 11.6 Å². The van der Waals surface area contributed by atoms with Crippen LogP contribution in [-0.4, -0.2) is 10.2 Å². The van der Waals surface area contributed by atoms with Crippen molar-refractivity contribution in [2.24, 2.45) is 0 Å². The van der Waals surface area contributed by atoms with Crippen molar-refractivity contribution in [3.63, 3.8) is 0 Å². The molecule has 1 N–H and O–H groups in total. The van der Waals surface area contributed by atoms with E-state index in [-0.39, 0.29) is 5.56 Å². The van der Waals surface area contributed by atoms with Gasteiger partial charge in [-0.15, -0.1) is 0 Å². The molecule has 3 nitrogen and oxygen atoms in total. The summed E-state index contributed by atoms with van der Waals surface area (Å²) in [6.07, 6.45) is 0. The molecule has 0 amide bonds. The molecular weight excluding hydrogens is 255 g/mol. The van der Waals surface area contributed by atoms with Crippen molar-refractivity contribution >= 4 is 38.3 Å². The first-order chi connectivity index (χ1) is 6.18. The summed E-state index contributed by atoms with van der Waals surface area (Å²) in [5, 5.41) is 7.96. The lowest BCUT2D eigenvalue weighted by molar-refractivity contribution is 0.990. The Morgan fingerprint density at radius 1 is 1.38 bits per heavy atom. The standard InChI is InChI=1S/C8H4BrClN2O/c9-7-5-2-1-4(10)3-6(5)8(13)12-11-7/h1-3H,(H,12,13). The van der Waals surface area contributed by atoms with E-state index in [9.17, 15) is 4.79 Å². The van der Waals surface area contributed by atoms with Crippen LogP contribution in [0.3, 0.4) is 0 Å². The van der Waals surface area contributed by atoms with Crippen molar-refractivity contribution in [2.45, 2.75) is 0 Å². The second-order valence-corrected chi connectivity index (χ2v) is 3.72. The Bertz CT molecular complexity index is 523. The van der Waals surface area contributed by atoms with Gasteiger partial charge in [-0.2, -0.15) is 5.10 Å². The molecule has 0 unspecified atom stereocenters. The molecule has 2 aromatic rings. The summed E-state index contributed by atoms with van der Waals surface area (Å²) in [6.45, 7) is 0. The van der Waals surface area contributed by atoms with Crippen LogP contribution in [-0.2, 0) is 0 Å². The Balaban J connectivity index is 3.01. The number of aromatic amines is 1. The number of H-pyrrole nitrogens is 1. The van der Waals surface area contributed by atoms with Gasteiger partial charge in [0.2, 0.25) is 0 Å². The molecule has 0 atom stereocenters. The van der Waals surface area contributed by atoms with Crippen LogP contribution in [0, 0.1) is 0 Å². The molecule has 13 heavy (non-hydrogen) atoms. The zero-order valence-corrected chi connectivity index (χ0v) is 8.69. The molecule has 0 spiro atoms. The van der Waals surface area contributed by atoms with Crippen LogP contribution in [0.1, 0.15) is 0 Å². The van der Waals surface area contributed by atoms with Crippen molar-refractivity contribution in [1.82, 2.24) is 10.2 Å². The number of halogens is 2. The minimum absolute atomic E-state index is 0.235. The van der Waals surface area contributed by atoms with Crippen LogP contribution in [0.4, 0.5) is 0 Å². The maximum Gasteiger partial charge on any atom is 0.272 e. The number of fused-ring (bicyclic) bond motifs is 1. The van der Waals surface area contributed by atoms with Gasteiger partial charge >= 0.3 is 0 Å². The molecule has 0 saturated heterocycles.